The van der Waals surface area contributed by atoms with E-state index in [4.69, 9.17) is 14.7 Å². The first kappa shape index (κ1) is 33.4. The average Bonchev–Trinajstić information content (AvgIpc) is 3.52. The third-order valence-electron chi connectivity index (χ3n) is 11.7. The van der Waals surface area contributed by atoms with Gasteiger partial charge in [0.1, 0.15) is 23.1 Å². The number of aromatic amines is 2. The zero-order valence-corrected chi connectivity index (χ0v) is 29.0. The number of ether oxygens (including phenoxy) is 1. The molecule has 274 valence electrons. The van der Waals surface area contributed by atoms with Crippen LogP contribution in [0.1, 0.15) is 75.1 Å². The van der Waals surface area contributed by atoms with Crippen molar-refractivity contribution in [3.63, 3.8) is 0 Å². The standard InChI is InChI=1S/C39H38F3N7O4/c1-53-37(52)47-28-14-10-25-11-15-32(49(25)35(28)50)34-44-27-13-9-24(20-30(27)46-34)22-6-4-21(5-7-22)23-8-12-26-29(19-23)45-33(43-26)31-3-2-18-48(31)36(51)38(16-17-38)39(40,41)42/h4-9,12-13,19-20,25,28,31-32H,2-3,10-11,14-18H2,1H3,(H,43,45)(H,44,46)(H,47,52)/t25-,28-,31-,32-/m0/s1. The van der Waals surface area contributed by atoms with E-state index in [1.54, 1.807) is 0 Å². The zero-order chi connectivity index (χ0) is 36.6. The summed E-state index contributed by atoms with van der Waals surface area (Å²) in [7, 11) is 1.29. The number of halogens is 3. The molecule has 0 unspecified atom stereocenters. The summed E-state index contributed by atoms with van der Waals surface area (Å²) >= 11 is 0. The molecule has 4 aliphatic rings. The Morgan fingerprint density at radius 3 is 1.94 bits per heavy atom. The molecule has 5 heterocycles. The molecule has 0 radical (unpaired) electrons. The number of imidazole rings is 2. The van der Waals surface area contributed by atoms with Crippen LogP contribution in [0, 0.1) is 5.41 Å². The van der Waals surface area contributed by atoms with E-state index in [0.717, 1.165) is 63.9 Å². The van der Waals surface area contributed by atoms with Crippen LogP contribution in [0.3, 0.4) is 0 Å². The highest BCUT2D eigenvalue weighted by atomic mass is 19.4. The van der Waals surface area contributed by atoms with Gasteiger partial charge in [0.2, 0.25) is 11.8 Å². The lowest BCUT2D eigenvalue weighted by atomic mass is 9.98. The zero-order valence-electron chi connectivity index (χ0n) is 29.0. The molecule has 9 rings (SSSR count). The molecule has 0 spiro atoms. The van der Waals surface area contributed by atoms with Crippen molar-refractivity contribution in [2.45, 2.75) is 81.7 Å². The lowest BCUT2D eigenvalue weighted by Crippen LogP contribution is -2.54. The number of nitrogens with zero attached hydrogens (tertiary/aromatic N) is 4. The number of aromatic nitrogens is 4. The first-order chi connectivity index (χ1) is 25.5. The maximum atomic E-state index is 13.7. The number of amides is 3. The molecule has 53 heavy (non-hydrogen) atoms. The van der Waals surface area contributed by atoms with Gasteiger partial charge in [0, 0.05) is 12.6 Å². The van der Waals surface area contributed by atoms with Crippen LogP contribution in [0.2, 0.25) is 0 Å². The molecule has 0 bridgehead atoms. The van der Waals surface area contributed by atoms with Gasteiger partial charge < -0.3 is 29.8 Å². The van der Waals surface area contributed by atoms with Crippen molar-refractivity contribution < 1.29 is 32.3 Å². The molecule has 2 aromatic heterocycles. The summed E-state index contributed by atoms with van der Waals surface area (Å²) in [5, 5.41) is 2.67. The maximum absolute atomic E-state index is 13.7. The molecule has 3 saturated heterocycles. The van der Waals surface area contributed by atoms with Crippen molar-refractivity contribution in [1.82, 2.24) is 35.1 Å². The number of methoxy groups -OCH3 is 1. The summed E-state index contributed by atoms with van der Waals surface area (Å²) in [5.74, 6) is 0.320. The predicted octanol–water partition coefficient (Wildman–Crippen LogP) is 7.33. The first-order valence-corrected chi connectivity index (χ1v) is 18.2. The first-order valence-electron chi connectivity index (χ1n) is 18.2. The number of carbonyl (C=O) groups is 3. The van der Waals surface area contributed by atoms with Gasteiger partial charge in [-0.3, -0.25) is 9.59 Å². The van der Waals surface area contributed by atoms with Crippen molar-refractivity contribution in [3.05, 3.63) is 72.3 Å². The Morgan fingerprint density at radius 2 is 1.38 bits per heavy atom. The molecule has 3 aromatic carbocycles. The third kappa shape index (κ3) is 5.60. The van der Waals surface area contributed by atoms with E-state index in [1.807, 2.05) is 47.4 Å². The van der Waals surface area contributed by atoms with Crippen LogP contribution in [0.25, 0.3) is 44.3 Å². The number of alkyl halides is 3. The largest absolute Gasteiger partial charge is 0.453 e. The second-order valence-corrected chi connectivity index (χ2v) is 14.8. The fraction of sp³-hybridized carbons (Fsp3) is 0.410. The Morgan fingerprint density at radius 1 is 0.811 bits per heavy atom. The van der Waals surface area contributed by atoms with Crippen LogP contribution in [0.5, 0.6) is 0 Å². The lowest BCUT2D eigenvalue weighted by Gasteiger charge is -2.37. The number of benzene rings is 3. The number of alkyl carbamates (subject to hydrolysis) is 1. The molecule has 4 atom stereocenters. The second kappa shape index (κ2) is 12.3. The van der Waals surface area contributed by atoms with E-state index in [2.05, 4.69) is 33.5 Å². The number of carbonyl (C=O) groups excluding carboxylic acids is 3. The Kier molecular flexibility index (Phi) is 7.79. The highest BCUT2D eigenvalue weighted by Crippen LogP contribution is 2.59. The van der Waals surface area contributed by atoms with Crippen molar-refractivity contribution in [3.8, 4) is 22.3 Å². The van der Waals surface area contributed by atoms with Crippen LogP contribution in [-0.4, -0.2) is 79.6 Å². The molecule has 3 aliphatic heterocycles. The molecule has 3 amide bonds. The van der Waals surface area contributed by atoms with Crippen LogP contribution in [0.4, 0.5) is 18.0 Å². The van der Waals surface area contributed by atoms with Crippen LogP contribution >= 0.6 is 0 Å². The van der Waals surface area contributed by atoms with E-state index in [1.165, 1.54) is 12.0 Å². The van der Waals surface area contributed by atoms with Gasteiger partial charge in [-0.25, -0.2) is 14.8 Å². The number of H-pyrrole nitrogens is 2. The minimum Gasteiger partial charge on any atom is -0.453 e. The quantitative estimate of drug-likeness (QED) is 0.168. The smallest absolute Gasteiger partial charge is 0.407 e. The number of piperidine rings is 1. The van der Waals surface area contributed by atoms with E-state index >= 15 is 0 Å². The summed E-state index contributed by atoms with van der Waals surface area (Å²) in [4.78, 5) is 57.9. The van der Waals surface area contributed by atoms with E-state index in [0.29, 0.717) is 37.1 Å². The SMILES string of the molecule is COC(=O)N[C@H]1CC[C@H]2CC[C@@H](c3nc4ccc(-c5ccc(-c6ccc7nc([C@@H]8CCCN8C(=O)C8(C(F)(F)F)CC8)[nH]c7c6)cc5)cc4[nH]3)N2C1=O. The summed E-state index contributed by atoms with van der Waals surface area (Å²) in [6.45, 7) is 0.295. The van der Waals surface area contributed by atoms with Crippen molar-refractivity contribution >= 4 is 40.0 Å². The van der Waals surface area contributed by atoms with Crippen LogP contribution in [0.15, 0.2) is 60.7 Å². The van der Waals surface area contributed by atoms with Gasteiger partial charge in [0.15, 0.2) is 0 Å². The molecular weight excluding hydrogens is 687 g/mol. The van der Waals surface area contributed by atoms with Gasteiger partial charge in [0.25, 0.3) is 0 Å². The number of rotatable bonds is 6. The van der Waals surface area contributed by atoms with Gasteiger partial charge in [-0.15, -0.1) is 0 Å². The number of hydrogen-bond donors (Lipinski definition) is 3. The van der Waals surface area contributed by atoms with Gasteiger partial charge in [-0.2, -0.15) is 13.2 Å². The highest BCUT2D eigenvalue weighted by molar-refractivity contribution is 5.89. The number of likely N-dealkylation sites (tertiary alicyclic amines) is 1. The normalized spacial score (nSPS) is 23.8. The van der Waals surface area contributed by atoms with Gasteiger partial charge in [-0.05, 0) is 97.9 Å². The lowest BCUT2D eigenvalue weighted by molar-refractivity contribution is -0.199. The van der Waals surface area contributed by atoms with E-state index in [-0.39, 0.29) is 30.8 Å². The highest BCUT2D eigenvalue weighted by Gasteiger charge is 2.70. The van der Waals surface area contributed by atoms with E-state index in [9.17, 15) is 27.6 Å². The van der Waals surface area contributed by atoms with Crippen LogP contribution in [-0.2, 0) is 14.3 Å². The fourth-order valence-corrected chi connectivity index (χ4v) is 8.67. The monoisotopic (exact) mass is 725 g/mol. The summed E-state index contributed by atoms with van der Waals surface area (Å²) in [6, 6.07) is 18.9. The molecule has 5 aromatic rings. The van der Waals surface area contributed by atoms with Crippen molar-refractivity contribution in [2.75, 3.05) is 13.7 Å². The van der Waals surface area contributed by atoms with Crippen molar-refractivity contribution in [1.29, 1.82) is 0 Å². The fourth-order valence-electron chi connectivity index (χ4n) is 8.67. The Labute approximate surface area is 302 Å². The van der Waals surface area contributed by atoms with Crippen LogP contribution < -0.4 is 5.32 Å². The molecule has 3 N–H and O–H groups in total. The topological polar surface area (TPSA) is 136 Å². The molecule has 14 heteroatoms. The Bertz CT molecular complexity index is 2260. The number of hydrogen-bond acceptors (Lipinski definition) is 6. The van der Waals surface area contributed by atoms with Gasteiger partial charge in [-0.1, -0.05) is 36.4 Å². The molecule has 1 aliphatic carbocycles. The second-order valence-electron chi connectivity index (χ2n) is 14.8. The Balaban J connectivity index is 0.918. The predicted molar refractivity (Wildman–Crippen MR) is 189 cm³/mol. The molecular formula is C39H38F3N7O4. The van der Waals surface area contributed by atoms with Gasteiger partial charge >= 0.3 is 12.3 Å². The minimum atomic E-state index is -4.54. The third-order valence-corrected chi connectivity index (χ3v) is 11.7. The molecule has 11 nitrogen and oxygen atoms in total. The molecule has 4 fully saturated rings. The number of fused-ring (bicyclic) bond motifs is 3. The summed E-state index contributed by atoms with van der Waals surface area (Å²) < 4.78 is 46.0. The maximum Gasteiger partial charge on any atom is 0.407 e. The molecule has 1 saturated carbocycles. The summed E-state index contributed by atoms with van der Waals surface area (Å²) in [5.41, 5.74) is 4.84. The van der Waals surface area contributed by atoms with Crippen molar-refractivity contribution in [2.24, 2.45) is 5.41 Å². The average molecular weight is 726 g/mol. The van der Waals surface area contributed by atoms with Gasteiger partial charge in [0.05, 0.1) is 41.3 Å². The van der Waals surface area contributed by atoms with E-state index < -0.39 is 35.7 Å². The number of nitrogens with one attached hydrogen (secondary N) is 3. The Hall–Kier alpha value is -5.40. The minimum absolute atomic E-state index is 0.106. The summed E-state index contributed by atoms with van der Waals surface area (Å²) in [6.07, 6.45) is -1.18.